The van der Waals surface area contributed by atoms with Crippen LogP contribution in [0.25, 0.3) is 33.2 Å². The molecule has 4 aromatic heterocycles. The maximum Gasteiger partial charge on any atom is 0.339 e. The van der Waals surface area contributed by atoms with Crippen molar-refractivity contribution in [1.82, 2.24) is 29.5 Å². The van der Waals surface area contributed by atoms with E-state index in [4.69, 9.17) is 18.9 Å². The van der Waals surface area contributed by atoms with Crippen LogP contribution in [0, 0.1) is 29.1 Å². The van der Waals surface area contributed by atoms with E-state index in [2.05, 4.69) is 61.8 Å². The summed E-state index contributed by atoms with van der Waals surface area (Å²) in [6.45, 7) is 0.751. The predicted molar refractivity (Wildman–Crippen MR) is 332 cm³/mol. The van der Waals surface area contributed by atoms with Crippen molar-refractivity contribution in [2.75, 3.05) is 38.1 Å². The van der Waals surface area contributed by atoms with Crippen LogP contribution in [0.4, 0.5) is 33.6 Å². The van der Waals surface area contributed by atoms with Crippen molar-refractivity contribution in [3.05, 3.63) is 252 Å². The Morgan fingerprint density at radius 1 is 0.511 bits per heavy atom. The second-order valence-corrected chi connectivity index (χ2v) is 24.0. The van der Waals surface area contributed by atoms with Gasteiger partial charge in [-0.3, -0.25) is 18.7 Å². The van der Waals surface area contributed by atoms with E-state index in [0.29, 0.717) is 44.0 Å². The number of aromatic nitrogens is 6. The number of hydrogen-bond acceptors (Lipinski definition) is 16. The highest BCUT2D eigenvalue weighted by Crippen LogP contribution is 2.35. The monoisotopic (exact) mass is 1400 g/mol. The number of pyridine rings is 2. The average molecular weight is 1400 g/mol. The first-order valence-corrected chi connectivity index (χ1v) is 30.6. The lowest BCUT2D eigenvalue weighted by Gasteiger charge is -2.23. The Morgan fingerprint density at radius 2 is 0.989 bits per heavy atom. The SMILES string of the molecule is COc1cc(Br)ccc1-n1c(=O)ccc2cc(S(=O)(=O)Oc3c(F)c(F)c(F)c(F)c3F)ccc21.COc1ccc(CN(c2cccnn2)S(=O)(=O)c2ccc3c(ccc(=O)n3-c3ccc(Br)cc3OC)c2)cc1.COc1ccc(CNc2cccnn2)cc1. The number of rotatable bonds is 17. The van der Waals surface area contributed by atoms with Gasteiger partial charge in [-0.05, 0) is 145 Å². The van der Waals surface area contributed by atoms with Gasteiger partial charge in [-0.25, -0.2) is 25.9 Å². The molecule has 0 fully saturated rings. The number of hydrogen-bond donors (Lipinski definition) is 1. The Labute approximate surface area is 526 Å². The fourth-order valence-corrected chi connectivity index (χ4v) is 11.9. The third-order valence-electron chi connectivity index (χ3n) is 13.2. The Balaban J connectivity index is 0.000000173. The molecule has 0 saturated heterocycles. The molecule has 0 amide bonds. The lowest BCUT2D eigenvalue weighted by molar-refractivity contribution is 0.346. The van der Waals surface area contributed by atoms with E-state index in [1.54, 1.807) is 111 Å². The predicted octanol–water partition coefficient (Wildman–Crippen LogP) is 12.3. The van der Waals surface area contributed by atoms with Gasteiger partial charge in [0.1, 0.15) is 33.7 Å². The van der Waals surface area contributed by atoms with Crippen LogP contribution in [0.3, 0.4) is 0 Å². The molecule has 0 aliphatic heterocycles. The standard InChI is InChI=1S/C28H23BrN4O5S.C22H11BrF5NO5S.C12H13N3O/c1-37-22-9-5-19(6-10-22)18-32(27-4-3-15-30-31-27)39(35,36)23-11-13-24-20(16-23)7-14-28(34)33(24)25-12-8-21(29)17-26(25)38-2;1-33-15-9-11(23)3-5-14(15)29-13-6-4-12(8-10(13)2-7-16(29)30)35(31,32)34-22-20(27)18(25)17(24)19(26)21(22)28;1-16-11-6-4-10(5-7-11)9-13-12-3-2-8-14-15-12/h3-17H,18H2,1-2H3;2-9H,1H3;2-8H,9H2,1H3,(H,13,15). The van der Waals surface area contributed by atoms with E-state index in [9.17, 15) is 48.4 Å². The first-order chi connectivity index (χ1) is 43.1. The van der Waals surface area contributed by atoms with E-state index in [1.807, 2.05) is 36.4 Å². The van der Waals surface area contributed by atoms with Crippen molar-refractivity contribution in [1.29, 1.82) is 0 Å². The van der Waals surface area contributed by atoms with Gasteiger partial charge in [0.2, 0.25) is 34.8 Å². The van der Waals surface area contributed by atoms with Crippen molar-refractivity contribution >= 4 is 85.4 Å². The number of nitrogens with zero attached hydrogens (tertiary/aromatic N) is 7. The normalized spacial score (nSPS) is 11.2. The van der Waals surface area contributed by atoms with Gasteiger partial charge in [-0.15, -0.1) is 10.2 Å². The van der Waals surface area contributed by atoms with Crippen LogP contribution in [0.2, 0.25) is 0 Å². The number of sulfonamides is 1. The van der Waals surface area contributed by atoms with Crippen LogP contribution in [-0.2, 0) is 33.2 Å². The molecule has 7 aromatic carbocycles. The molecule has 28 heteroatoms. The first kappa shape index (κ1) is 64.7. The Kier molecular flexibility index (Phi) is 20.2. The zero-order chi connectivity index (χ0) is 64.4. The van der Waals surface area contributed by atoms with Gasteiger partial charge in [0.25, 0.3) is 21.1 Å². The topological polar surface area (TPSA) is 225 Å². The largest absolute Gasteiger partial charge is 0.497 e. The summed E-state index contributed by atoms with van der Waals surface area (Å²) in [7, 11) is -3.00. The van der Waals surface area contributed by atoms with E-state index in [1.165, 1.54) is 63.7 Å². The lowest BCUT2D eigenvalue weighted by atomic mass is 10.2. The summed E-state index contributed by atoms with van der Waals surface area (Å²) < 4.78 is 152. The number of anilines is 2. The minimum Gasteiger partial charge on any atom is -0.497 e. The summed E-state index contributed by atoms with van der Waals surface area (Å²) in [5, 5.41) is 19.6. The molecule has 0 radical (unpaired) electrons. The fourth-order valence-electron chi connectivity index (χ4n) is 8.82. The quantitative estimate of drug-likeness (QED) is 0.0387. The summed E-state index contributed by atoms with van der Waals surface area (Å²) in [6, 6.07) is 45.4. The highest BCUT2D eigenvalue weighted by Gasteiger charge is 2.32. The van der Waals surface area contributed by atoms with Gasteiger partial charge in [-0.1, -0.05) is 56.1 Å². The van der Waals surface area contributed by atoms with E-state index in [0.717, 1.165) is 46.3 Å². The molecule has 0 spiro atoms. The van der Waals surface area contributed by atoms with Crippen molar-refractivity contribution in [3.63, 3.8) is 0 Å². The minimum absolute atomic E-state index is 0.0264. The van der Waals surface area contributed by atoms with Gasteiger partial charge in [0.05, 0.1) is 62.3 Å². The molecule has 0 bridgehead atoms. The molecule has 0 saturated carbocycles. The van der Waals surface area contributed by atoms with Gasteiger partial charge in [0, 0.05) is 50.8 Å². The highest BCUT2D eigenvalue weighted by molar-refractivity contribution is 9.10. The van der Waals surface area contributed by atoms with E-state index in [-0.39, 0.29) is 33.7 Å². The van der Waals surface area contributed by atoms with Crippen LogP contribution in [0.1, 0.15) is 11.1 Å². The van der Waals surface area contributed by atoms with Crippen molar-refractivity contribution in [2.45, 2.75) is 22.9 Å². The molecule has 0 aliphatic rings. The van der Waals surface area contributed by atoms with Gasteiger partial charge >= 0.3 is 10.1 Å². The third-order valence-corrected chi connectivity index (χ3v) is 17.2. The summed E-state index contributed by atoms with van der Waals surface area (Å²) in [5.74, 6) is -10.7. The summed E-state index contributed by atoms with van der Waals surface area (Å²) in [5.41, 5.74) is 2.78. The third kappa shape index (κ3) is 14.4. The highest BCUT2D eigenvalue weighted by atomic mass is 79.9. The summed E-state index contributed by atoms with van der Waals surface area (Å²) in [6.07, 6.45) is 3.13. The lowest BCUT2D eigenvalue weighted by Crippen LogP contribution is -2.31. The molecule has 0 aliphatic carbocycles. The van der Waals surface area contributed by atoms with E-state index >= 15 is 0 Å². The first-order valence-electron chi connectivity index (χ1n) is 26.2. The Hall–Kier alpha value is -9.77. The van der Waals surface area contributed by atoms with Crippen LogP contribution in [0.15, 0.2) is 211 Å². The van der Waals surface area contributed by atoms with Gasteiger partial charge in [0.15, 0.2) is 5.82 Å². The minimum atomic E-state index is -5.06. The number of nitrogens with one attached hydrogen (secondary N) is 1. The maximum atomic E-state index is 14.0. The molecule has 462 valence electrons. The van der Waals surface area contributed by atoms with Crippen molar-refractivity contribution < 1.29 is 61.9 Å². The molecule has 11 rings (SSSR count). The molecule has 0 atom stereocenters. The number of ether oxygens (including phenoxy) is 4. The van der Waals surface area contributed by atoms with Crippen LogP contribution >= 0.6 is 31.9 Å². The molecule has 0 unspecified atom stereocenters. The smallest absolute Gasteiger partial charge is 0.339 e. The zero-order valence-electron chi connectivity index (χ0n) is 47.3. The Bertz CT molecular complexity index is 4770. The van der Waals surface area contributed by atoms with Crippen LogP contribution in [0.5, 0.6) is 28.7 Å². The maximum absolute atomic E-state index is 14.0. The molecule has 4 heterocycles. The second-order valence-electron chi connectivity index (χ2n) is 18.8. The van der Waals surface area contributed by atoms with Crippen molar-refractivity contribution in [2.24, 2.45) is 0 Å². The Morgan fingerprint density at radius 3 is 1.47 bits per heavy atom. The van der Waals surface area contributed by atoms with E-state index < -0.39 is 65.4 Å². The number of halogens is 7. The molecule has 19 nitrogen and oxygen atoms in total. The molecular formula is C62H47Br2F5N8O11S2. The number of benzene rings is 7. The molecule has 1 N–H and O–H groups in total. The number of fused-ring (bicyclic) bond motifs is 2. The van der Waals surface area contributed by atoms with Crippen LogP contribution in [-0.4, -0.2) is 74.8 Å². The van der Waals surface area contributed by atoms with Crippen molar-refractivity contribution in [3.8, 4) is 40.1 Å². The molecule has 11 aromatic rings. The van der Waals surface area contributed by atoms with Gasteiger partial charge in [-0.2, -0.15) is 27.4 Å². The second kappa shape index (κ2) is 28.2. The average Bonchev–Trinajstić information content (AvgIpc) is 1.12. The molecule has 90 heavy (non-hydrogen) atoms. The van der Waals surface area contributed by atoms with Crippen LogP contribution < -0.4 is 43.9 Å². The number of methoxy groups -OCH3 is 4. The zero-order valence-corrected chi connectivity index (χ0v) is 52.1. The molecular weight excluding hydrogens is 1350 g/mol. The summed E-state index contributed by atoms with van der Waals surface area (Å²) in [4.78, 5) is 25.0. The van der Waals surface area contributed by atoms with Gasteiger partial charge < -0.3 is 28.4 Å². The summed E-state index contributed by atoms with van der Waals surface area (Å²) >= 11 is 6.71. The fraction of sp³-hybridized carbons (Fsp3) is 0.0968.